The summed E-state index contributed by atoms with van der Waals surface area (Å²) in [5.74, 6) is 0.780. The van der Waals surface area contributed by atoms with Gasteiger partial charge in [0.2, 0.25) is 5.91 Å². The zero-order chi connectivity index (χ0) is 18.8. The minimum atomic E-state index is 0.0354. The summed E-state index contributed by atoms with van der Waals surface area (Å²) in [7, 11) is 1.65. The zero-order valence-electron chi connectivity index (χ0n) is 14.8. The van der Waals surface area contributed by atoms with E-state index < -0.39 is 0 Å². The third-order valence-electron chi connectivity index (χ3n) is 4.51. The lowest BCUT2D eigenvalue weighted by Gasteiger charge is -2.29. The lowest BCUT2D eigenvalue weighted by molar-refractivity contribution is -0.120. The summed E-state index contributed by atoms with van der Waals surface area (Å²) in [6.07, 6.45) is 1.80. The maximum Gasteiger partial charge on any atom is 0.239 e. The topological polar surface area (TPSA) is 66.5 Å². The predicted molar refractivity (Wildman–Crippen MR) is 116 cm³/mol. The molecular weight excluding hydrogens is 455 g/mol. The molecule has 0 radical (unpaired) electrons. The van der Waals surface area contributed by atoms with Crippen molar-refractivity contribution in [2.24, 2.45) is 0 Å². The van der Waals surface area contributed by atoms with Crippen LogP contribution in [0.3, 0.4) is 0 Å². The highest BCUT2D eigenvalue weighted by Gasteiger charge is 2.18. The van der Waals surface area contributed by atoms with Gasteiger partial charge in [0.25, 0.3) is 0 Å². The Kier molecular flexibility index (Phi) is 5.02. The van der Waals surface area contributed by atoms with E-state index >= 15 is 0 Å². The monoisotopic (exact) mass is 474 g/mol. The average Bonchev–Trinajstić information content (AvgIpc) is 2.68. The summed E-state index contributed by atoms with van der Waals surface area (Å²) in [6, 6.07) is 14.1. The molecule has 2 heterocycles. The molecule has 0 spiro atoms. The van der Waals surface area contributed by atoms with Gasteiger partial charge >= 0.3 is 0 Å². The molecule has 6 nitrogen and oxygen atoms in total. The highest BCUT2D eigenvalue weighted by molar-refractivity contribution is 14.1. The summed E-state index contributed by atoms with van der Waals surface area (Å²) >= 11 is 2.30. The van der Waals surface area contributed by atoms with Crippen LogP contribution >= 0.6 is 22.6 Å². The smallest absolute Gasteiger partial charge is 0.239 e. The predicted octanol–water partition coefficient (Wildman–Crippen LogP) is 3.53. The minimum absolute atomic E-state index is 0.0354. The number of rotatable bonds is 4. The lowest BCUT2D eigenvalue weighted by atomic mass is 10.1. The molecule has 1 saturated heterocycles. The van der Waals surface area contributed by atoms with E-state index in [1.165, 1.54) is 0 Å². The van der Waals surface area contributed by atoms with Crippen LogP contribution in [0.5, 0.6) is 5.75 Å². The van der Waals surface area contributed by atoms with Gasteiger partial charge in [0.15, 0.2) is 0 Å². The third kappa shape index (κ3) is 3.92. The van der Waals surface area contributed by atoms with Crippen LogP contribution in [0.1, 0.15) is 0 Å². The number of aromatic nitrogens is 1. The Morgan fingerprint density at radius 1 is 1.22 bits per heavy atom. The standard InChI is InChI=1S/C20H19IN4O2/c1-27-16-10-14(9-15(11-16)25-7-6-23-20(26)12-25)24-19-4-5-22-18-3-2-13(21)8-17(18)19/h2-5,8-11H,6-7,12H2,1H3,(H,22,24)(H,23,26). The van der Waals surface area contributed by atoms with Gasteiger partial charge in [-0.25, -0.2) is 0 Å². The number of carbonyl (C=O) groups excluding carboxylic acids is 1. The number of amides is 1. The second-order valence-electron chi connectivity index (χ2n) is 6.34. The highest BCUT2D eigenvalue weighted by atomic mass is 127. The minimum Gasteiger partial charge on any atom is -0.497 e. The van der Waals surface area contributed by atoms with Crippen molar-refractivity contribution in [1.82, 2.24) is 10.3 Å². The Labute approximate surface area is 171 Å². The highest BCUT2D eigenvalue weighted by Crippen LogP contribution is 2.32. The van der Waals surface area contributed by atoms with Crippen molar-refractivity contribution >= 4 is 56.5 Å². The van der Waals surface area contributed by atoms with E-state index in [1.54, 1.807) is 13.3 Å². The van der Waals surface area contributed by atoms with Gasteiger partial charge in [-0.15, -0.1) is 0 Å². The van der Waals surface area contributed by atoms with Crippen LogP contribution in [0.25, 0.3) is 10.9 Å². The van der Waals surface area contributed by atoms with E-state index in [9.17, 15) is 4.79 Å². The first-order valence-electron chi connectivity index (χ1n) is 8.64. The normalized spacial score (nSPS) is 14.1. The molecular formula is C20H19IN4O2. The number of halogens is 1. The van der Waals surface area contributed by atoms with Crippen molar-refractivity contribution < 1.29 is 9.53 Å². The molecule has 1 aliphatic rings. The van der Waals surface area contributed by atoms with Crippen molar-refractivity contribution in [3.8, 4) is 5.75 Å². The van der Waals surface area contributed by atoms with Crippen LogP contribution in [0.4, 0.5) is 17.1 Å². The molecule has 1 amide bonds. The van der Waals surface area contributed by atoms with E-state index in [-0.39, 0.29) is 5.91 Å². The number of anilines is 3. The molecule has 138 valence electrons. The van der Waals surface area contributed by atoms with Crippen molar-refractivity contribution in [1.29, 1.82) is 0 Å². The molecule has 3 aromatic rings. The SMILES string of the molecule is COc1cc(Nc2ccnc3ccc(I)cc23)cc(N2CCNC(=O)C2)c1. The number of hydrogen-bond donors (Lipinski definition) is 2. The molecule has 2 aromatic carbocycles. The molecule has 7 heteroatoms. The van der Waals surface area contributed by atoms with Gasteiger partial charge in [-0.2, -0.15) is 0 Å². The maximum absolute atomic E-state index is 11.7. The number of nitrogens with zero attached hydrogens (tertiary/aromatic N) is 2. The van der Waals surface area contributed by atoms with Gasteiger partial charge in [-0.1, -0.05) is 0 Å². The van der Waals surface area contributed by atoms with Crippen molar-refractivity contribution in [3.05, 3.63) is 52.2 Å². The first-order valence-corrected chi connectivity index (χ1v) is 9.72. The summed E-state index contributed by atoms with van der Waals surface area (Å²) in [4.78, 5) is 18.2. The Balaban J connectivity index is 1.71. The Bertz CT molecular complexity index is 1010. The molecule has 1 aliphatic heterocycles. The number of methoxy groups -OCH3 is 1. The van der Waals surface area contributed by atoms with Crippen molar-refractivity contribution in [3.63, 3.8) is 0 Å². The lowest BCUT2D eigenvalue weighted by Crippen LogP contribution is -2.47. The van der Waals surface area contributed by atoms with Crippen molar-refractivity contribution in [2.75, 3.05) is 37.0 Å². The molecule has 0 bridgehead atoms. The van der Waals surface area contributed by atoms with Gasteiger partial charge < -0.3 is 20.3 Å². The third-order valence-corrected chi connectivity index (χ3v) is 5.18. The summed E-state index contributed by atoms with van der Waals surface area (Å²) in [6.45, 7) is 1.77. The number of benzene rings is 2. The number of piperazine rings is 1. The molecule has 27 heavy (non-hydrogen) atoms. The first kappa shape index (κ1) is 17.8. The van der Waals surface area contributed by atoms with Gasteiger partial charge in [-0.05, 0) is 52.9 Å². The van der Waals surface area contributed by atoms with Gasteiger partial charge in [-0.3, -0.25) is 9.78 Å². The quantitative estimate of drug-likeness (QED) is 0.567. The fourth-order valence-corrected chi connectivity index (χ4v) is 3.69. The second-order valence-corrected chi connectivity index (χ2v) is 7.58. The Morgan fingerprint density at radius 2 is 2.11 bits per heavy atom. The molecule has 2 N–H and O–H groups in total. The molecule has 4 rings (SSSR count). The van der Waals surface area contributed by atoms with Gasteiger partial charge in [0.05, 0.1) is 19.2 Å². The molecule has 1 aromatic heterocycles. The molecule has 0 aliphatic carbocycles. The number of ether oxygens (including phenoxy) is 1. The summed E-state index contributed by atoms with van der Waals surface area (Å²) < 4.78 is 6.63. The number of nitrogens with one attached hydrogen (secondary N) is 2. The van der Waals surface area contributed by atoms with Crippen molar-refractivity contribution in [2.45, 2.75) is 0 Å². The number of pyridine rings is 1. The summed E-state index contributed by atoms with van der Waals surface area (Å²) in [5, 5.41) is 7.41. The van der Waals surface area contributed by atoms with Crippen LogP contribution < -0.4 is 20.3 Å². The zero-order valence-corrected chi connectivity index (χ0v) is 17.0. The van der Waals surface area contributed by atoms with E-state index in [1.807, 2.05) is 36.4 Å². The van der Waals surface area contributed by atoms with E-state index in [2.05, 4.69) is 49.2 Å². The van der Waals surface area contributed by atoms with Crippen LogP contribution in [0, 0.1) is 3.57 Å². The first-order chi connectivity index (χ1) is 13.1. The van der Waals surface area contributed by atoms with Crippen LogP contribution in [-0.4, -0.2) is 37.6 Å². The maximum atomic E-state index is 11.7. The Morgan fingerprint density at radius 3 is 2.93 bits per heavy atom. The fourth-order valence-electron chi connectivity index (χ4n) is 3.20. The largest absolute Gasteiger partial charge is 0.497 e. The van der Waals surface area contributed by atoms with Crippen LogP contribution in [-0.2, 0) is 4.79 Å². The average molecular weight is 474 g/mol. The van der Waals surface area contributed by atoms with E-state index in [0.717, 1.165) is 43.8 Å². The molecule has 0 unspecified atom stereocenters. The summed E-state index contributed by atoms with van der Waals surface area (Å²) in [5.41, 5.74) is 3.78. The van der Waals surface area contributed by atoms with Gasteiger partial charge in [0, 0.05) is 57.4 Å². The molecule has 0 saturated carbocycles. The fraction of sp³-hybridized carbons (Fsp3) is 0.200. The molecule has 0 atom stereocenters. The van der Waals surface area contributed by atoms with Crippen LogP contribution in [0.2, 0.25) is 0 Å². The Hall–Kier alpha value is -2.55. The number of hydrogen-bond acceptors (Lipinski definition) is 5. The van der Waals surface area contributed by atoms with E-state index in [4.69, 9.17) is 4.74 Å². The number of carbonyl (C=O) groups is 1. The second kappa shape index (κ2) is 7.59. The number of fused-ring (bicyclic) bond motifs is 1. The molecule has 1 fully saturated rings. The van der Waals surface area contributed by atoms with Crippen LogP contribution in [0.15, 0.2) is 48.7 Å². The van der Waals surface area contributed by atoms with Gasteiger partial charge in [0.1, 0.15) is 5.75 Å². The van der Waals surface area contributed by atoms with E-state index in [0.29, 0.717) is 13.1 Å².